The molecule has 2 rings (SSSR count). The number of carbonyl (C=O) groups is 1. The Morgan fingerprint density at radius 3 is 2.63 bits per heavy atom. The lowest BCUT2D eigenvalue weighted by atomic mass is 10.2. The summed E-state index contributed by atoms with van der Waals surface area (Å²) in [6.45, 7) is 3.20. The largest absolute Gasteiger partial charge is 0.461 e. The fourth-order valence-corrected chi connectivity index (χ4v) is 1.72. The summed E-state index contributed by atoms with van der Waals surface area (Å²) < 4.78 is 44.3. The van der Waals surface area contributed by atoms with E-state index in [-0.39, 0.29) is 18.1 Å². The Hall–Kier alpha value is -2.12. The highest BCUT2D eigenvalue weighted by Crippen LogP contribution is 2.32. The maximum atomic E-state index is 12.8. The minimum Gasteiger partial charge on any atom is -0.461 e. The fourth-order valence-electron chi connectivity index (χ4n) is 1.72. The second kappa shape index (κ2) is 4.52. The minimum absolute atomic E-state index is 0.0349. The van der Waals surface area contributed by atoms with Crippen LogP contribution in [0, 0.1) is 6.92 Å². The molecule has 0 aliphatic rings. The third-order valence-electron chi connectivity index (χ3n) is 2.50. The van der Waals surface area contributed by atoms with Crippen LogP contribution in [-0.4, -0.2) is 27.2 Å². The summed E-state index contributed by atoms with van der Waals surface area (Å²) >= 11 is 0. The topological polar surface area (TPSA) is 56.5 Å². The summed E-state index contributed by atoms with van der Waals surface area (Å²) in [7, 11) is 0. The fraction of sp³-hybridized carbons (Fsp3) is 0.364. The number of aryl methyl sites for hydroxylation is 1. The summed E-state index contributed by atoms with van der Waals surface area (Å²) in [5.41, 5.74) is -1.39. The van der Waals surface area contributed by atoms with Gasteiger partial charge in [0.2, 0.25) is 0 Å². The van der Waals surface area contributed by atoms with Crippen molar-refractivity contribution in [2.45, 2.75) is 20.0 Å². The second-order valence-corrected chi connectivity index (χ2v) is 3.76. The molecule has 0 aliphatic heterocycles. The molecule has 102 valence electrons. The van der Waals surface area contributed by atoms with Gasteiger partial charge in [-0.3, -0.25) is 4.40 Å². The molecule has 0 N–H and O–H groups in total. The second-order valence-electron chi connectivity index (χ2n) is 3.76. The van der Waals surface area contributed by atoms with Crippen molar-refractivity contribution in [1.82, 2.24) is 14.6 Å². The number of aromatic nitrogens is 3. The van der Waals surface area contributed by atoms with Gasteiger partial charge >= 0.3 is 12.1 Å². The maximum Gasteiger partial charge on any atom is 0.420 e. The van der Waals surface area contributed by atoms with Crippen molar-refractivity contribution in [1.29, 1.82) is 0 Å². The highest BCUT2D eigenvalue weighted by molar-refractivity contribution is 5.88. The van der Waals surface area contributed by atoms with Crippen molar-refractivity contribution in [2.75, 3.05) is 6.61 Å². The highest BCUT2D eigenvalue weighted by atomic mass is 19.4. The summed E-state index contributed by atoms with van der Waals surface area (Å²) in [5, 5.41) is 7.05. The number of nitrogens with zero attached hydrogens (tertiary/aromatic N) is 3. The Morgan fingerprint density at radius 2 is 2.05 bits per heavy atom. The van der Waals surface area contributed by atoms with Gasteiger partial charge in [-0.1, -0.05) is 0 Å². The zero-order valence-corrected chi connectivity index (χ0v) is 10.2. The summed E-state index contributed by atoms with van der Waals surface area (Å²) in [5.74, 6) is -0.534. The van der Waals surface area contributed by atoms with Crippen molar-refractivity contribution in [3.8, 4) is 0 Å². The first-order valence-corrected chi connectivity index (χ1v) is 5.45. The first-order chi connectivity index (χ1) is 8.86. The molecule has 2 heterocycles. The average molecular weight is 273 g/mol. The molecule has 2 aromatic rings. The number of hydrogen-bond acceptors (Lipinski definition) is 4. The lowest BCUT2D eigenvalue weighted by molar-refractivity contribution is -0.136. The lowest BCUT2D eigenvalue weighted by Gasteiger charge is -2.11. The van der Waals surface area contributed by atoms with E-state index in [9.17, 15) is 18.0 Å². The predicted octanol–water partition coefficient (Wildman–Crippen LogP) is 2.23. The summed E-state index contributed by atoms with van der Waals surface area (Å²) in [6.07, 6.45) is -4.56. The van der Waals surface area contributed by atoms with Crippen LogP contribution in [0.25, 0.3) is 5.65 Å². The standard InChI is InChI=1S/C11H10F3N3O2/c1-3-19-10(18)8-5-4-7(11(12,13)14)9-16-15-6(2)17(8)9/h4-5H,3H2,1-2H3. The van der Waals surface area contributed by atoms with Gasteiger partial charge in [0.1, 0.15) is 17.1 Å². The van der Waals surface area contributed by atoms with Gasteiger partial charge in [0.05, 0.1) is 6.61 Å². The normalized spacial score (nSPS) is 11.8. The third kappa shape index (κ3) is 2.25. The van der Waals surface area contributed by atoms with Crippen LogP contribution >= 0.6 is 0 Å². The maximum absolute atomic E-state index is 12.8. The molecular formula is C11H10F3N3O2. The van der Waals surface area contributed by atoms with Crippen LogP contribution < -0.4 is 0 Å². The number of pyridine rings is 1. The number of ether oxygens (including phenoxy) is 1. The Morgan fingerprint density at radius 1 is 1.37 bits per heavy atom. The van der Waals surface area contributed by atoms with Crippen LogP contribution in [0.3, 0.4) is 0 Å². The molecule has 0 spiro atoms. The van der Waals surface area contributed by atoms with Gasteiger partial charge in [-0.05, 0) is 26.0 Å². The van der Waals surface area contributed by atoms with Crippen LogP contribution in [0.5, 0.6) is 0 Å². The zero-order chi connectivity index (χ0) is 14.2. The molecule has 0 saturated heterocycles. The molecule has 2 aromatic heterocycles. The van der Waals surface area contributed by atoms with Crippen molar-refractivity contribution >= 4 is 11.6 Å². The molecule has 0 fully saturated rings. The lowest BCUT2D eigenvalue weighted by Crippen LogP contribution is -2.15. The van der Waals surface area contributed by atoms with Crippen molar-refractivity contribution in [2.24, 2.45) is 0 Å². The molecular weight excluding hydrogens is 263 g/mol. The van der Waals surface area contributed by atoms with Gasteiger partial charge in [0.15, 0.2) is 5.65 Å². The van der Waals surface area contributed by atoms with E-state index in [1.54, 1.807) is 6.92 Å². The van der Waals surface area contributed by atoms with Crippen LogP contribution in [0.15, 0.2) is 12.1 Å². The van der Waals surface area contributed by atoms with Gasteiger partial charge in [0, 0.05) is 0 Å². The first-order valence-electron chi connectivity index (χ1n) is 5.45. The summed E-state index contributed by atoms with van der Waals surface area (Å²) in [4.78, 5) is 11.7. The van der Waals surface area contributed by atoms with Gasteiger partial charge in [-0.2, -0.15) is 13.2 Å². The van der Waals surface area contributed by atoms with Crippen LogP contribution in [-0.2, 0) is 10.9 Å². The van der Waals surface area contributed by atoms with E-state index < -0.39 is 23.4 Å². The SMILES string of the molecule is CCOC(=O)c1ccc(C(F)(F)F)c2nnc(C)n12. The number of carbonyl (C=O) groups excluding carboxylic acids is 1. The monoisotopic (exact) mass is 273 g/mol. The van der Waals surface area contributed by atoms with E-state index in [1.807, 2.05) is 0 Å². The Balaban J connectivity index is 2.71. The Kier molecular flexibility index (Phi) is 3.17. The minimum atomic E-state index is -4.56. The number of fused-ring (bicyclic) bond motifs is 1. The van der Waals surface area contributed by atoms with Gasteiger partial charge in [-0.25, -0.2) is 4.79 Å². The Labute approximate surface area is 106 Å². The molecule has 8 heteroatoms. The van der Waals surface area contributed by atoms with Crippen molar-refractivity contribution in [3.05, 3.63) is 29.2 Å². The average Bonchev–Trinajstić information content (AvgIpc) is 2.70. The van der Waals surface area contributed by atoms with Gasteiger partial charge < -0.3 is 4.74 Å². The Bertz CT molecular complexity index is 634. The van der Waals surface area contributed by atoms with E-state index in [0.717, 1.165) is 16.5 Å². The number of hydrogen-bond donors (Lipinski definition) is 0. The molecule has 0 unspecified atom stereocenters. The van der Waals surface area contributed by atoms with Gasteiger partial charge in [0.25, 0.3) is 0 Å². The van der Waals surface area contributed by atoms with Crippen molar-refractivity contribution < 1.29 is 22.7 Å². The summed E-state index contributed by atoms with van der Waals surface area (Å²) in [6, 6.07) is 1.86. The smallest absolute Gasteiger partial charge is 0.420 e. The predicted molar refractivity (Wildman–Crippen MR) is 58.7 cm³/mol. The molecule has 5 nitrogen and oxygen atoms in total. The van der Waals surface area contributed by atoms with Gasteiger partial charge in [-0.15, -0.1) is 10.2 Å². The van der Waals surface area contributed by atoms with E-state index in [0.29, 0.717) is 0 Å². The number of rotatable bonds is 2. The number of esters is 1. The molecule has 0 aromatic carbocycles. The number of halogens is 3. The van der Waals surface area contributed by atoms with E-state index in [2.05, 4.69) is 10.2 Å². The quantitative estimate of drug-likeness (QED) is 0.787. The molecule has 0 atom stereocenters. The van der Waals surface area contributed by atoms with Crippen LogP contribution in [0.2, 0.25) is 0 Å². The first kappa shape index (κ1) is 13.3. The van der Waals surface area contributed by atoms with E-state index in [1.165, 1.54) is 6.92 Å². The molecule has 0 aliphatic carbocycles. The molecule has 0 radical (unpaired) electrons. The molecule has 19 heavy (non-hydrogen) atoms. The molecule has 0 amide bonds. The molecule has 0 saturated carbocycles. The van der Waals surface area contributed by atoms with Crippen LogP contribution in [0.4, 0.5) is 13.2 Å². The molecule has 0 bridgehead atoms. The van der Waals surface area contributed by atoms with Crippen LogP contribution in [0.1, 0.15) is 28.8 Å². The van der Waals surface area contributed by atoms with Crippen molar-refractivity contribution in [3.63, 3.8) is 0 Å². The number of alkyl halides is 3. The van der Waals surface area contributed by atoms with E-state index in [4.69, 9.17) is 4.74 Å². The van der Waals surface area contributed by atoms with E-state index >= 15 is 0 Å². The zero-order valence-electron chi connectivity index (χ0n) is 10.2. The highest BCUT2D eigenvalue weighted by Gasteiger charge is 2.35. The third-order valence-corrected chi connectivity index (χ3v) is 2.50.